The van der Waals surface area contributed by atoms with Gasteiger partial charge in [0, 0.05) is 13.2 Å². The Hall–Kier alpha value is -0.860. The standard InChI is InChI=1S/C22H29Cl2FNO6P/c1-5-29-22(30-6-2)18(24)10-9-13-19(22)21(28)26(20(13)27)16-12-17(14(23)11-15(16)25)33(31-7-3)32-8-4/h11-13,18-19H,5-10H2,1-4H3. The number of imide groups is 1. The molecule has 0 spiro atoms. The molecule has 2 aliphatic rings. The summed E-state index contributed by atoms with van der Waals surface area (Å²) in [5.74, 6) is -5.11. The van der Waals surface area contributed by atoms with Crippen LogP contribution in [-0.2, 0) is 28.1 Å². The third-order valence-corrected chi connectivity index (χ3v) is 8.43. The van der Waals surface area contributed by atoms with Crippen LogP contribution in [0.25, 0.3) is 0 Å². The number of carbonyl (C=O) groups excluding carboxylic acids is 2. The topological polar surface area (TPSA) is 74.3 Å². The number of rotatable bonds is 10. The summed E-state index contributed by atoms with van der Waals surface area (Å²) in [6.07, 6.45) is 0.790. The predicted molar refractivity (Wildman–Crippen MR) is 126 cm³/mol. The zero-order chi connectivity index (χ0) is 24.3. The molecule has 1 heterocycles. The minimum atomic E-state index is -1.62. The largest absolute Gasteiger partial charge is 0.348 e. The van der Waals surface area contributed by atoms with E-state index in [9.17, 15) is 9.59 Å². The van der Waals surface area contributed by atoms with Crippen molar-refractivity contribution in [3.05, 3.63) is 23.0 Å². The normalized spacial score (nSPS) is 24.6. The van der Waals surface area contributed by atoms with Crippen molar-refractivity contribution in [3.63, 3.8) is 0 Å². The Balaban J connectivity index is 2.08. The quantitative estimate of drug-likeness (QED) is 0.190. The molecule has 0 aromatic heterocycles. The number of anilines is 1. The highest BCUT2D eigenvalue weighted by Crippen LogP contribution is 2.50. The fourth-order valence-electron chi connectivity index (χ4n) is 4.53. The predicted octanol–water partition coefficient (Wildman–Crippen LogP) is 4.77. The van der Waals surface area contributed by atoms with Crippen molar-refractivity contribution in [2.24, 2.45) is 11.8 Å². The Bertz CT molecular complexity index is 879. The van der Waals surface area contributed by atoms with E-state index in [2.05, 4.69) is 0 Å². The van der Waals surface area contributed by atoms with E-state index in [1.54, 1.807) is 27.7 Å². The summed E-state index contributed by atoms with van der Waals surface area (Å²) in [5, 5.41) is -0.150. The van der Waals surface area contributed by atoms with Crippen molar-refractivity contribution >= 4 is 54.4 Å². The van der Waals surface area contributed by atoms with E-state index < -0.39 is 49.0 Å². The molecule has 1 aromatic carbocycles. The van der Waals surface area contributed by atoms with E-state index >= 15 is 4.39 Å². The van der Waals surface area contributed by atoms with Gasteiger partial charge in [0.2, 0.25) is 20.2 Å². The summed E-state index contributed by atoms with van der Waals surface area (Å²) >= 11 is 12.9. The lowest BCUT2D eigenvalue weighted by Gasteiger charge is -2.45. The van der Waals surface area contributed by atoms with Gasteiger partial charge in [-0.2, -0.15) is 0 Å². The zero-order valence-electron chi connectivity index (χ0n) is 19.1. The third-order valence-electron chi connectivity index (χ3n) is 5.71. The minimum absolute atomic E-state index is 0.0968. The molecule has 11 heteroatoms. The van der Waals surface area contributed by atoms with Crippen LogP contribution in [0.1, 0.15) is 40.5 Å². The Labute approximate surface area is 204 Å². The first-order valence-corrected chi connectivity index (χ1v) is 13.1. The number of amides is 2. The van der Waals surface area contributed by atoms with Gasteiger partial charge < -0.3 is 18.5 Å². The maximum Gasteiger partial charge on any atom is 0.243 e. The number of carbonyl (C=O) groups is 2. The van der Waals surface area contributed by atoms with Gasteiger partial charge in [-0.15, -0.1) is 11.6 Å². The summed E-state index contributed by atoms with van der Waals surface area (Å²) in [6.45, 7) is 8.30. The van der Waals surface area contributed by atoms with Crippen molar-refractivity contribution in [3.8, 4) is 0 Å². The van der Waals surface area contributed by atoms with Crippen molar-refractivity contribution in [2.75, 3.05) is 31.3 Å². The number of fused-ring (bicyclic) bond motifs is 1. The second-order valence-corrected chi connectivity index (χ2v) is 10.0. The van der Waals surface area contributed by atoms with Crippen LogP contribution in [0.5, 0.6) is 0 Å². The van der Waals surface area contributed by atoms with E-state index in [1.807, 2.05) is 0 Å². The summed E-state index contributed by atoms with van der Waals surface area (Å²) in [4.78, 5) is 28.0. The summed E-state index contributed by atoms with van der Waals surface area (Å²) in [7, 11) is -1.62. The Morgan fingerprint density at radius 3 is 2.18 bits per heavy atom. The molecule has 2 fully saturated rings. The molecule has 1 aliphatic carbocycles. The molecule has 7 nitrogen and oxygen atoms in total. The van der Waals surface area contributed by atoms with Crippen LogP contribution >= 0.6 is 31.6 Å². The molecule has 0 N–H and O–H groups in total. The lowest BCUT2D eigenvalue weighted by atomic mass is 9.75. The van der Waals surface area contributed by atoms with Gasteiger partial charge in [0.25, 0.3) is 0 Å². The fraction of sp³-hybridized carbons (Fsp3) is 0.636. The monoisotopic (exact) mass is 523 g/mol. The van der Waals surface area contributed by atoms with Gasteiger partial charge in [0.1, 0.15) is 11.7 Å². The fourth-order valence-corrected chi connectivity index (χ4v) is 6.57. The van der Waals surface area contributed by atoms with E-state index in [0.717, 1.165) is 11.0 Å². The number of alkyl halides is 1. The average molecular weight is 524 g/mol. The van der Waals surface area contributed by atoms with Crippen LogP contribution in [-0.4, -0.2) is 49.4 Å². The first kappa shape index (κ1) is 26.7. The summed E-state index contributed by atoms with van der Waals surface area (Å²) < 4.78 is 38.2. The molecule has 3 unspecified atom stereocenters. The van der Waals surface area contributed by atoms with Gasteiger partial charge >= 0.3 is 0 Å². The van der Waals surface area contributed by atoms with Crippen molar-refractivity contribution < 1.29 is 32.5 Å². The van der Waals surface area contributed by atoms with Crippen molar-refractivity contribution in [2.45, 2.75) is 51.7 Å². The van der Waals surface area contributed by atoms with E-state index in [4.69, 9.17) is 41.7 Å². The molecule has 1 saturated heterocycles. The van der Waals surface area contributed by atoms with E-state index in [0.29, 0.717) is 31.4 Å². The first-order chi connectivity index (χ1) is 15.8. The van der Waals surface area contributed by atoms with Crippen LogP contribution in [0.15, 0.2) is 12.1 Å². The highest BCUT2D eigenvalue weighted by Gasteiger charge is 2.64. The van der Waals surface area contributed by atoms with Gasteiger partial charge in [-0.3, -0.25) is 9.59 Å². The molecule has 1 aliphatic heterocycles. The Kier molecular flexibility index (Phi) is 9.12. The molecule has 0 radical (unpaired) electrons. The molecule has 1 aromatic rings. The van der Waals surface area contributed by atoms with Crippen LogP contribution in [0, 0.1) is 17.7 Å². The Morgan fingerprint density at radius 2 is 1.64 bits per heavy atom. The Morgan fingerprint density at radius 1 is 1.03 bits per heavy atom. The van der Waals surface area contributed by atoms with Crippen molar-refractivity contribution in [1.29, 1.82) is 0 Å². The van der Waals surface area contributed by atoms with Crippen LogP contribution in [0.4, 0.5) is 10.1 Å². The molecule has 0 bridgehead atoms. The number of hydrogen-bond donors (Lipinski definition) is 0. The molecule has 33 heavy (non-hydrogen) atoms. The van der Waals surface area contributed by atoms with Gasteiger partial charge in [0.15, 0.2) is 5.79 Å². The molecule has 2 amide bonds. The first-order valence-electron chi connectivity index (χ1n) is 11.1. The zero-order valence-corrected chi connectivity index (χ0v) is 21.5. The van der Waals surface area contributed by atoms with Crippen molar-refractivity contribution in [1.82, 2.24) is 0 Å². The van der Waals surface area contributed by atoms with E-state index in [1.165, 1.54) is 6.07 Å². The average Bonchev–Trinajstić information content (AvgIpc) is 3.02. The van der Waals surface area contributed by atoms with Crippen LogP contribution in [0.2, 0.25) is 5.02 Å². The van der Waals surface area contributed by atoms with Crippen LogP contribution in [0.3, 0.4) is 0 Å². The number of hydrogen-bond acceptors (Lipinski definition) is 6. The molecular formula is C22H29Cl2FNO6P. The lowest BCUT2D eigenvalue weighted by Crippen LogP contribution is -2.58. The van der Waals surface area contributed by atoms with Crippen LogP contribution < -0.4 is 10.2 Å². The molecular weight excluding hydrogens is 495 g/mol. The number of nitrogens with zero attached hydrogens (tertiary/aromatic N) is 1. The number of halogens is 3. The van der Waals surface area contributed by atoms with Gasteiger partial charge in [-0.05, 0) is 52.7 Å². The maximum absolute atomic E-state index is 15.1. The minimum Gasteiger partial charge on any atom is -0.348 e. The number of benzene rings is 1. The summed E-state index contributed by atoms with van der Waals surface area (Å²) in [6, 6.07) is 2.44. The van der Waals surface area contributed by atoms with Gasteiger partial charge in [-0.1, -0.05) is 11.6 Å². The second kappa shape index (κ2) is 11.3. The van der Waals surface area contributed by atoms with Gasteiger partial charge in [0.05, 0.1) is 40.5 Å². The van der Waals surface area contributed by atoms with Gasteiger partial charge in [-0.25, -0.2) is 9.29 Å². The smallest absolute Gasteiger partial charge is 0.243 e. The number of ether oxygens (including phenoxy) is 2. The second-order valence-electron chi connectivity index (χ2n) is 7.58. The summed E-state index contributed by atoms with van der Waals surface area (Å²) in [5.41, 5.74) is -0.196. The molecule has 184 valence electrons. The maximum atomic E-state index is 15.1. The lowest BCUT2D eigenvalue weighted by molar-refractivity contribution is -0.272. The molecule has 3 atom stereocenters. The highest BCUT2D eigenvalue weighted by atomic mass is 35.5. The third kappa shape index (κ3) is 4.81. The highest BCUT2D eigenvalue weighted by molar-refractivity contribution is 7.56. The molecule has 3 rings (SSSR count). The SMILES string of the molecule is CCOP(OCC)c1cc(N2C(=O)C3CCC(Cl)C(OCC)(OCC)C3C2=O)c(F)cc1Cl. The van der Waals surface area contributed by atoms with E-state index in [-0.39, 0.29) is 23.9 Å². The molecule has 1 saturated carbocycles.